The Balaban J connectivity index is 1.44. The molecule has 2 aromatic carbocycles. The molecule has 0 spiro atoms. The Kier molecular flexibility index (Phi) is 6.99. The van der Waals surface area contributed by atoms with E-state index in [1.807, 2.05) is 24.4 Å². The van der Waals surface area contributed by atoms with Gasteiger partial charge in [0.25, 0.3) is 0 Å². The fraction of sp³-hybridized carbons (Fsp3) is 0.385. The van der Waals surface area contributed by atoms with Crippen LogP contribution in [0.5, 0.6) is 17.2 Å². The van der Waals surface area contributed by atoms with Crippen LogP contribution < -0.4 is 20.1 Å². The van der Waals surface area contributed by atoms with Gasteiger partial charge < -0.3 is 24.8 Å². The third-order valence-electron chi connectivity index (χ3n) is 6.34. The second-order valence-electron chi connectivity index (χ2n) is 9.03. The Morgan fingerprint density at radius 1 is 1.34 bits per heavy atom. The fourth-order valence-electron chi connectivity index (χ4n) is 4.63. The first kappa shape index (κ1) is 23.7. The molecular formula is C26H28FN3O4S. The summed E-state index contributed by atoms with van der Waals surface area (Å²) in [4.78, 5) is 17.0. The normalized spacial score (nSPS) is 21.4. The molecule has 5 rings (SSSR count). The molecule has 35 heavy (non-hydrogen) atoms. The minimum absolute atomic E-state index is 0.0505. The number of anilines is 1. The van der Waals surface area contributed by atoms with Gasteiger partial charge in [0, 0.05) is 42.8 Å². The molecule has 0 radical (unpaired) electrons. The molecule has 3 aromatic rings. The van der Waals surface area contributed by atoms with Gasteiger partial charge in [0.15, 0.2) is 16.6 Å². The van der Waals surface area contributed by atoms with Crippen molar-refractivity contribution in [3.63, 3.8) is 0 Å². The van der Waals surface area contributed by atoms with Crippen LogP contribution in [0.3, 0.4) is 0 Å². The Morgan fingerprint density at radius 2 is 2.26 bits per heavy atom. The Morgan fingerprint density at radius 3 is 3.03 bits per heavy atom. The number of carbonyl (C=O) groups is 1. The van der Waals surface area contributed by atoms with E-state index < -0.39 is 5.54 Å². The van der Waals surface area contributed by atoms with E-state index in [2.05, 4.69) is 15.6 Å². The largest absolute Gasteiger partial charge is 0.487 e. The molecule has 0 aliphatic carbocycles. The molecular weight excluding hydrogens is 469 g/mol. The molecule has 9 heteroatoms. The number of fused-ring (bicyclic) bond motifs is 1. The van der Waals surface area contributed by atoms with Gasteiger partial charge in [-0.2, -0.15) is 0 Å². The maximum Gasteiger partial charge on any atom is 0.228 e. The van der Waals surface area contributed by atoms with E-state index in [1.54, 1.807) is 18.3 Å². The predicted octanol–water partition coefficient (Wildman–Crippen LogP) is 5.02. The molecule has 2 atom stereocenters. The van der Waals surface area contributed by atoms with E-state index in [1.165, 1.54) is 23.5 Å². The minimum atomic E-state index is -0.623. The van der Waals surface area contributed by atoms with Gasteiger partial charge in [-0.25, -0.2) is 9.37 Å². The molecule has 1 aromatic heterocycles. The van der Waals surface area contributed by atoms with Crippen LogP contribution >= 0.6 is 11.3 Å². The molecule has 1 amide bonds. The zero-order valence-corrected chi connectivity index (χ0v) is 20.3. The van der Waals surface area contributed by atoms with Crippen molar-refractivity contribution < 1.29 is 23.4 Å². The van der Waals surface area contributed by atoms with E-state index >= 15 is 0 Å². The number of ether oxygens (including phenoxy) is 3. The number of aromatic nitrogens is 1. The van der Waals surface area contributed by atoms with Crippen LogP contribution in [-0.2, 0) is 21.5 Å². The highest BCUT2D eigenvalue weighted by molar-refractivity contribution is 7.13. The lowest BCUT2D eigenvalue weighted by Gasteiger charge is -2.37. The van der Waals surface area contributed by atoms with E-state index in [4.69, 9.17) is 14.2 Å². The lowest BCUT2D eigenvalue weighted by Crippen LogP contribution is -2.47. The molecule has 2 N–H and O–H groups in total. The summed E-state index contributed by atoms with van der Waals surface area (Å²) in [6, 6.07) is 9.90. The third kappa shape index (κ3) is 5.63. The lowest BCUT2D eigenvalue weighted by atomic mass is 9.81. The van der Waals surface area contributed by atoms with E-state index in [0.29, 0.717) is 29.0 Å². The maximum atomic E-state index is 13.8. The van der Waals surface area contributed by atoms with Gasteiger partial charge in [-0.3, -0.25) is 4.79 Å². The van der Waals surface area contributed by atoms with Crippen molar-refractivity contribution in [1.82, 2.24) is 10.3 Å². The number of carbonyl (C=O) groups excluding carboxylic acids is 1. The molecule has 2 aliphatic heterocycles. The zero-order chi connectivity index (χ0) is 24.3. The van der Waals surface area contributed by atoms with Crippen molar-refractivity contribution in [2.24, 2.45) is 0 Å². The molecule has 3 heterocycles. The first-order chi connectivity index (χ1) is 17.0. The van der Waals surface area contributed by atoms with Gasteiger partial charge in [0.2, 0.25) is 5.91 Å². The van der Waals surface area contributed by atoms with Crippen LogP contribution in [0.4, 0.5) is 9.52 Å². The molecule has 184 valence electrons. The lowest BCUT2D eigenvalue weighted by molar-refractivity contribution is -0.117. The average Bonchev–Trinajstić information content (AvgIpc) is 3.52. The maximum absolute atomic E-state index is 13.8. The van der Waals surface area contributed by atoms with Crippen molar-refractivity contribution in [2.45, 2.75) is 44.2 Å². The van der Waals surface area contributed by atoms with Crippen LogP contribution in [0.15, 0.2) is 48.0 Å². The van der Waals surface area contributed by atoms with E-state index in [9.17, 15) is 9.18 Å². The van der Waals surface area contributed by atoms with Gasteiger partial charge in [-0.15, -0.1) is 11.3 Å². The molecule has 1 unspecified atom stereocenters. The molecule has 1 saturated heterocycles. The van der Waals surface area contributed by atoms with Crippen molar-refractivity contribution in [3.8, 4) is 17.2 Å². The first-order valence-electron chi connectivity index (χ1n) is 11.8. The number of halogens is 1. The highest BCUT2D eigenvalue weighted by atomic mass is 32.1. The second-order valence-corrected chi connectivity index (χ2v) is 9.93. The first-order valence-corrected chi connectivity index (χ1v) is 12.7. The third-order valence-corrected chi connectivity index (χ3v) is 7.03. The second kappa shape index (κ2) is 10.3. The number of nitrogens with one attached hydrogen (secondary N) is 2. The summed E-state index contributed by atoms with van der Waals surface area (Å²) in [5.41, 5.74) is 1.42. The molecule has 0 saturated carbocycles. The topological polar surface area (TPSA) is 81.7 Å². The van der Waals surface area contributed by atoms with Crippen LogP contribution in [0, 0.1) is 5.82 Å². The van der Waals surface area contributed by atoms with Gasteiger partial charge in [0.1, 0.15) is 18.2 Å². The number of benzene rings is 2. The van der Waals surface area contributed by atoms with Gasteiger partial charge in [-0.05, 0) is 61.6 Å². The summed E-state index contributed by atoms with van der Waals surface area (Å²) in [5.74, 6) is 0.920. The Hall–Kier alpha value is -3.01. The summed E-state index contributed by atoms with van der Waals surface area (Å²) >= 11 is 1.38. The highest BCUT2D eigenvalue weighted by Gasteiger charge is 2.35. The smallest absolute Gasteiger partial charge is 0.228 e. The molecule has 1 fully saturated rings. The van der Waals surface area contributed by atoms with Crippen molar-refractivity contribution >= 4 is 22.4 Å². The summed E-state index contributed by atoms with van der Waals surface area (Å²) in [7, 11) is 0. The molecule has 2 aliphatic rings. The Bertz CT molecular complexity index is 1180. The zero-order valence-electron chi connectivity index (χ0n) is 19.5. The summed E-state index contributed by atoms with van der Waals surface area (Å²) < 4.78 is 31.8. The van der Waals surface area contributed by atoms with Gasteiger partial charge >= 0.3 is 0 Å². The van der Waals surface area contributed by atoms with Crippen LogP contribution in [0.25, 0.3) is 0 Å². The number of hydrogen-bond acceptors (Lipinski definition) is 7. The fourth-order valence-corrected chi connectivity index (χ4v) is 5.17. The van der Waals surface area contributed by atoms with Crippen molar-refractivity contribution in [2.75, 3.05) is 25.1 Å². The molecule has 7 nitrogen and oxygen atoms in total. The van der Waals surface area contributed by atoms with Crippen LogP contribution in [0.2, 0.25) is 0 Å². The van der Waals surface area contributed by atoms with E-state index in [0.717, 1.165) is 43.5 Å². The monoisotopic (exact) mass is 497 g/mol. The predicted molar refractivity (Wildman–Crippen MR) is 132 cm³/mol. The van der Waals surface area contributed by atoms with Crippen LogP contribution in [-0.4, -0.2) is 36.8 Å². The van der Waals surface area contributed by atoms with E-state index in [-0.39, 0.29) is 24.2 Å². The highest BCUT2D eigenvalue weighted by Crippen LogP contribution is 2.41. The number of hydrogen-bond donors (Lipinski definition) is 2. The average molecular weight is 498 g/mol. The summed E-state index contributed by atoms with van der Waals surface area (Å²) in [5, 5.41) is 8.76. The minimum Gasteiger partial charge on any atom is -0.487 e. The van der Waals surface area contributed by atoms with Crippen LogP contribution in [0.1, 0.15) is 37.3 Å². The standard InChI is InChI=1S/C26H28FN3O4S/c1-26(15-24(31)30-25-28-9-11-35-25)21-14-23(34-19-5-2-4-18(27)13-19)22(12-17(21)7-8-29-26)33-16-20-6-3-10-32-20/h2,4-5,9,11-14,20,29H,3,6-8,10,15-16H2,1H3,(H,28,30,31)/t20?,26-/m1/s1. The van der Waals surface area contributed by atoms with Crippen molar-refractivity contribution in [1.29, 1.82) is 0 Å². The quantitative estimate of drug-likeness (QED) is 0.455. The van der Waals surface area contributed by atoms with Gasteiger partial charge in [-0.1, -0.05) is 6.07 Å². The Labute approximate surface area is 207 Å². The van der Waals surface area contributed by atoms with Crippen molar-refractivity contribution in [3.05, 3.63) is 64.9 Å². The molecule has 0 bridgehead atoms. The number of rotatable bonds is 8. The summed E-state index contributed by atoms with van der Waals surface area (Å²) in [6.07, 6.45) is 4.70. The SMILES string of the molecule is C[C@]1(CC(=O)Nc2nccs2)NCCc2cc(OCC3CCCO3)c(Oc3cccc(F)c3)cc21. The number of nitrogens with zero attached hydrogens (tertiary/aromatic N) is 1. The number of thiazole rings is 1. The number of amides is 1. The summed E-state index contributed by atoms with van der Waals surface area (Å²) in [6.45, 7) is 3.90. The van der Waals surface area contributed by atoms with Gasteiger partial charge in [0.05, 0.1) is 6.10 Å².